The standard InChI is InChI=1S/C15H22N4S2/c1-20-10-7-13(16-12-5-4-9-21-11-12)15-18-17-14-6-2-3-8-19(14)15/h2-3,6,8,12-13,16H,4-5,7,9-11H2,1H3/t12-,13-/m1/s1. The van der Waals surface area contributed by atoms with E-state index in [9.17, 15) is 0 Å². The predicted molar refractivity (Wildman–Crippen MR) is 92.2 cm³/mol. The van der Waals surface area contributed by atoms with Crippen LogP contribution in [0.15, 0.2) is 24.4 Å². The van der Waals surface area contributed by atoms with Gasteiger partial charge in [-0.1, -0.05) is 6.07 Å². The first-order chi connectivity index (χ1) is 10.4. The van der Waals surface area contributed by atoms with Crippen LogP contribution in [0.25, 0.3) is 5.65 Å². The van der Waals surface area contributed by atoms with E-state index in [-0.39, 0.29) is 0 Å². The third-order valence-corrected chi connectivity index (χ3v) is 5.72. The minimum atomic E-state index is 0.290. The zero-order chi connectivity index (χ0) is 14.5. The summed E-state index contributed by atoms with van der Waals surface area (Å²) < 4.78 is 2.12. The molecule has 1 saturated heterocycles. The Morgan fingerprint density at radius 2 is 2.43 bits per heavy atom. The van der Waals surface area contributed by atoms with E-state index in [2.05, 4.69) is 44.1 Å². The lowest BCUT2D eigenvalue weighted by atomic mass is 10.1. The molecule has 1 aliphatic heterocycles. The molecule has 1 aliphatic rings. The van der Waals surface area contributed by atoms with E-state index in [4.69, 9.17) is 0 Å². The van der Waals surface area contributed by atoms with Crippen LogP contribution in [0.3, 0.4) is 0 Å². The minimum absolute atomic E-state index is 0.290. The van der Waals surface area contributed by atoms with Crippen LogP contribution in [-0.2, 0) is 0 Å². The Bertz CT molecular complexity index is 566. The first-order valence-electron chi connectivity index (χ1n) is 7.51. The van der Waals surface area contributed by atoms with Crippen LogP contribution in [0.5, 0.6) is 0 Å². The average molecular weight is 323 g/mol. The molecule has 3 rings (SSSR count). The fourth-order valence-electron chi connectivity index (χ4n) is 2.78. The molecule has 3 heterocycles. The fraction of sp³-hybridized carbons (Fsp3) is 0.600. The maximum atomic E-state index is 4.45. The van der Waals surface area contributed by atoms with Gasteiger partial charge in [-0.15, -0.1) is 10.2 Å². The quantitative estimate of drug-likeness (QED) is 0.885. The van der Waals surface area contributed by atoms with E-state index < -0.39 is 0 Å². The number of pyridine rings is 1. The Morgan fingerprint density at radius 1 is 1.48 bits per heavy atom. The van der Waals surface area contributed by atoms with Crippen LogP contribution in [-0.4, -0.2) is 44.2 Å². The summed E-state index contributed by atoms with van der Waals surface area (Å²) in [5, 5.41) is 12.6. The number of nitrogens with zero attached hydrogens (tertiary/aromatic N) is 3. The van der Waals surface area contributed by atoms with Crippen molar-refractivity contribution in [1.82, 2.24) is 19.9 Å². The number of nitrogens with one attached hydrogen (secondary N) is 1. The molecular weight excluding hydrogens is 300 g/mol. The molecule has 0 unspecified atom stereocenters. The molecule has 21 heavy (non-hydrogen) atoms. The Balaban J connectivity index is 1.80. The second-order valence-corrected chi connectivity index (χ2v) is 7.54. The van der Waals surface area contributed by atoms with Crippen LogP contribution in [0, 0.1) is 0 Å². The number of fused-ring (bicyclic) bond motifs is 1. The Hall–Kier alpha value is -0.720. The topological polar surface area (TPSA) is 42.2 Å². The smallest absolute Gasteiger partial charge is 0.160 e. The summed E-state index contributed by atoms with van der Waals surface area (Å²) in [5.74, 6) is 4.71. The number of hydrogen-bond acceptors (Lipinski definition) is 5. The molecule has 0 aromatic carbocycles. The first kappa shape index (κ1) is 15.2. The van der Waals surface area contributed by atoms with Gasteiger partial charge in [0, 0.05) is 18.0 Å². The number of rotatable bonds is 6. The first-order valence-corrected chi connectivity index (χ1v) is 10.1. The van der Waals surface area contributed by atoms with Gasteiger partial charge in [0.1, 0.15) is 0 Å². The average Bonchev–Trinajstić information content (AvgIpc) is 2.96. The zero-order valence-electron chi connectivity index (χ0n) is 12.4. The normalized spacial score (nSPS) is 20.7. The van der Waals surface area contributed by atoms with Gasteiger partial charge in [0.25, 0.3) is 0 Å². The van der Waals surface area contributed by atoms with Gasteiger partial charge in [0.2, 0.25) is 0 Å². The summed E-state index contributed by atoms with van der Waals surface area (Å²) in [5.41, 5.74) is 0.932. The lowest BCUT2D eigenvalue weighted by Gasteiger charge is -2.27. The van der Waals surface area contributed by atoms with E-state index in [0.29, 0.717) is 12.1 Å². The van der Waals surface area contributed by atoms with Crippen LogP contribution >= 0.6 is 23.5 Å². The molecule has 2 aromatic heterocycles. The molecule has 0 saturated carbocycles. The van der Waals surface area contributed by atoms with Gasteiger partial charge in [-0.25, -0.2) is 0 Å². The van der Waals surface area contributed by atoms with Crippen molar-refractivity contribution in [2.45, 2.75) is 31.3 Å². The Labute approximate surface area is 134 Å². The minimum Gasteiger partial charge on any atom is -0.304 e. The fourth-order valence-corrected chi connectivity index (χ4v) is 4.33. The van der Waals surface area contributed by atoms with Gasteiger partial charge in [-0.2, -0.15) is 23.5 Å². The largest absolute Gasteiger partial charge is 0.304 e. The van der Waals surface area contributed by atoms with Gasteiger partial charge in [0.15, 0.2) is 11.5 Å². The second kappa shape index (κ2) is 7.51. The maximum Gasteiger partial charge on any atom is 0.160 e. The number of aromatic nitrogens is 3. The Kier molecular flexibility index (Phi) is 5.43. The summed E-state index contributed by atoms with van der Waals surface area (Å²) in [6.07, 6.45) is 7.92. The molecule has 0 amide bonds. The van der Waals surface area contributed by atoms with Crippen molar-refractivity contribution in [2.75, 3.05) is 23.5 Å². The van der Waals surface area contributed by atoms with Crippen LogP contribution in [0.2, 0.25) is 0 Å². The van der Waals surface area contributed by atoms with Crippen molar-refractivity contribution in [3.05, 3.63) is 30.2 Å². The van der Waals surface area contributed by atoms with Crippen molar-refractivity contribution in [1.29, 1.82) is 0 Å². The molecule has 1 fully saturated rings. The highest BCUT2D eigenvalue weighted by Gasteiger charge is 2.22. The molecule has 114 valence electrons. The van der Waals surface area contributed by atoms with Crippen LogP contribution in [0.1, 0.15) is 31.1 Å². The molecule has 1 N–H and O–H groups in total. The highest BCUT2D eigenvalue weighted by molar-refractivity contribution is 7.99. The molecule has 2 aromatic rings. The zero-order valence-corrected chi connectivity index (χ0v) is 14.0. The summed E-state index contributed by atoms with van der Waals surface area (Å²) in [4.78, 5) is 0. The predicted octanol–water partition coefficient (Wildman–Crippen LogP) is 3.01. The van der Waals surface area contributed by atoms with E-state index in [1.54, 1.807) is 0 Å². The third kappa shape index (κ3) is 3.73. The summed E-state index contributed by atoms with van der Waals surface area (Å²) in [7, 11) is 0. The highest BCUT2D eigenvalue weighted by atomic mass is 32.2. The van der Waals surface area contributed by atoms with E-state index in [0.717, 1.165) is 23.6 Å². The summed E-state index contributed by atoms with van der Waals surface area (Å²) in [6.45, 7) is 0. The summed E-state index contributed by atoms with van der Waals surface area (Å²) >= 11 is 3.95. The molecule has 0 aliphatic carbocycles. The van der Waals surface area contributed by atoms with E-state index in [1.165, 1.54) is 24.3 Å². The van der Waals surface area contributed by atoms with Crippen molar-refractivity contribution in [3.63, 3.8) is 0 Å². The van der Waals surface area contributed by atoms with Crippen LogP contribution in [0.4, 0.5) is 0 Å². The number of hydrogen-bond donors (Lipinski definition) is 1. The van der Waals surface area contributed by atoms with Crippen molar-refractivity contribution < 1.29 is 0 Å². The van der Waals surface area contributed by atoms with Gasteiger partial charge in [-0.3, -0.25) is 4.40 Å². The van der Waals surface area contributed by atoms with Gasteiger partial charge in [-0.05, 0) is 49.2 Å². The van der Waals surface area contributed by atoms with E-state index in [1.807, 2.05) is 30.0 Å². The maximum absolute atomic E-state index is 4.45. The third-order valence-electron chi connectivity index (χ3n) is 3.86. The van der Waals surface area contributed by atoms with Gasteiger partial charge < -0.3 is 5.32 Å². The summed E-state index contributed by atoms with van der Waals surface area (Å²) in [6, 6.07) is 6.96. The van der Waals surface area contributed by atoms with Gasteiger partial charge >= 0.3 is 0 Å². The molecule has 6 heteroatoms. The molecular formula is C15H22N4S2. The number of thioether (sulfide) groups is 2. The van der Waals surface area contributed by atoms with Crippen molar-refractivity contribution >= 4 is 29.2 Å². The van der Waals surface area contributed by atoms with Crippen molar-refractivity contribution in [2.24, 2.45) is 0 Å². The SMILES string of the molecule is CSCC[C@@H](N[C@@H]1CCCSC1)c1nnc2ccccn12. The molecule has 4 nitrogen and oxygen atoms in total. The monoisotopic (exact) mass is 322 g/mol. The van der Waals surface area contributed by atoms with Crippen molar-refractivity contribution in [3.8, 4) is 0 Å². The molecule has 0 bridgehead atoms. The lowest BCUT2D eigenvalue weighted by molar-refractivity contribution is 0.411. The molecule has 0 spiro atoms. The highest BCUT2D eigenvalue weighted by Crippen LogP contribution is 2.23. The Morgan fingerprint density at radius 3 is 3.24 bits per heavy atom. The van der Waals surface area contributed by atoms with Crippen LogP contribution < -0.4 is 5.32 Å². The molecule has 0 radical (unpaired) electrons. The second-order valence-electron chi connectivity index (χ2n) is 5.40. The molecule has 2 atom stereocenters. The van der Waals surface area contributed by atoms with Gasteiger partial charge in [0.05, 0.1) is 6.04 Å². The van der Waals surface area contributed by atoms with E-state index >= 15 is 0 Å². The lowest BCUT2D eigenvalue weighted by Crippen LogP contribution is -2.37.